The van der Waals surface area contributed by atoms with E-state index in [1.54, 1.807) is 35.5 Å². The van der Waals surface area contributed by atoms with Crippen LogP contribution in [-0.4, -0.2) is 22.7 Å². The number of pyridine rings is 1. The second kappa shape index (κ2) is 8.20. The average Bonchev–Trinajstić information content (AvgIpc) is 2.85. The smallest absolute Gasteiger partial charge is 0.230 e. The minimum atomic E-state index is 0.106. The molecule has 3 nitrogen and oxygen atoms in total. The third-order valence-corrected chi connectivity index (χ3v) is 4.99. The van der Waals surface area contributed by atoms with Gasteiger partial charge in [0.1, 0.15) is 0 Å². The van der Waals surface area contributed by atoms with Gasteiger partial charge in [0.2, 0.25) is 5.91 Å². The lowest BCUT2D eigenvalue weighted by Gasteiger charge is -2.12. The molecule has 1 N–H and O–H groups in total. The molecule has 0 unspecified atom stereocenters. The third-order valence-electron chi connectivity index (χ3n) is 2.96. The molecular formula is C16H20N2OS2. The minimum Gasteiger partial charge on any atom is -0.353 e. The summed E-state index contributed by atoms with van der Waals surface area (Å²) in [5.41, 5.74) is 1.20. The van der Waals surface area contributed by atoms with Crippen LogP contribution in [0.2, 0.25) is 0 Å². The van der Waals surface area contributed by atoms with Crippen LogP contribution in [0.25, 0.3) is 0 Å². The molecule has 0 saturated heterocycles. The van der Waals surface area contributed by atoms with E-state index >= 15 is 0 Å². The first-order chi connectivity index (χ1) is 10.1. The summed E-state index contributed by atoms with van der Waals surface area (Å²) in [6.45, 7) is 4.16. The Morgan fingerprint density at radius 1 is 1.33 bits per heavy atom. The maximum absolute atomic E-state index is 11.9. The van der Waals surface area contributed by atoms with Gasteiger partial charge in [-0.05, 0) is 43.7 Å². The molecule has 0 saturated carbocycles. The highest BCUT2D eigenvalue weighted by Crippen LogP contribution is 2.17. The molecule has 2 aromatic rings. The van der Waals surface area contributed by atoms with Crippen LogP contribution in [0, 0.1) is 6.92 Å². The van der Waals surface area contributed by atoms with E-state index in [2.05, 4.69) is 36.3 Å². The summed E-state index contributed by atoms with van der Waals surface area (Å²) >= 11 is 3.43. The highest BCUT2D eigenvalue weighted by Gasteiger charge is 2.09. The maximum atomic E-state index is 11.9. The fourth-order valence-electron chi connectivity index (χ4n) is 2.00. The van der Waals surface area contributed by atoms with Gasteiger partial charge >= 0.3 is 0 Å². The molecule has 21 heavy (non-hydrogen) atoms. The number of carbonyl (C=O) groups excluding carboxylic acids is 1. The van der Waals surface area contributed by atoms with Crippen molar-refractivity contribution in [2.75, 3.05) is 5.75 Å². The maximum Gasteiger partial charge on any atom is 0.230 e. The van der Waals surface area contributed by atoms with E-state index in [1.165, 1.54) is 15.3 Å². The van der Waals surface area contributed by atoms with Crippen molar-refractivity contribution in [3.63, 3.8) is 0 Å². The summed E-state index contributed by atoms with van der Waals surface area (Å²) in [5.74, 6) is 1.44. The van der Waals surface area contributed by atoms with E-state index in [-0.39, 0.29) is 11.9 Å². The molecule has 1 amide bonds. The van der Waals surface area contributed by atoms with E-state index in [9.17, 15) is 4.79 Å². The van der Waals surface area contributed by atoms with E-state index in [0.717, 1.165) is 12.2 Å². The molecule has 0 aromatic carbocycles. The van der Waals surface area contributed by atoms with Crippen molar-refractivity contribution in [1.29, 1.82) is 0 Å². The molecule has 0 spiro atoms. The summed E-state index contributed by atoms with van der Waals surface area (Å²) in [7, 11) is 0. The lowest BCUT2D eigenvalue weighted by Crippen LogP contribution is -2.35. The van der Waals surface area contributed by atoms with E-state index in [4.69, 9.17) is 0 Å². The second-order valence-electron chi connectivity index (χ2n) is 5.03. The Hall–Kier alpha value is -1.33. The van der Waals surface area contributed by atoms with E-state index in [0.29, 0.717) is 5.75 Å². The minimum absolute atomic E-state index is 0.106. The van der Waals surface area contributed by atoms with Crippen molar-refractivity contribution in [2.45, 2.75) is 32.1 Å². The van der Waals surface area contributed by atoms with E-state index in [1.807, 2.05) is 12.1 Å². The van der Waals surface area contributed by atoms with Crippen molar-refractivity contribution >= 4 is 29.0 Å². The number of thiophene rings is 1. The Morgan fingerprint density at radius 2 is 2.10 bits per heavy atom. The van der Waals surface area contributed by atoms with Crippen LogP contribution >= 0.6 is 23.1 Å². The van der Waals surface area contributed by atoms with Crippen LogP contribution in [0.3, 0.4) is 0 Å². The number of aromatic nitrogens is 1. The van der Waals surface area contributed by atoms with Gasteiger partial charge in [0.15, 0.2) is 0 Å². The average molecular weight is 320 g/mol. The summed E-state index contributed by atoms with van der Waals surface area (Å²) in [5, 5.41) is 3.06. The van der Waals surface area contributed by atoms with Crippen molar-refractivity contribution in [3.05, 3.63) is 52.0 Å². The van der Waals surface area contributed by atoms with Crippen LogP contribution in [0.5, 0.6) is 0 Å². The molecular weight excluding hydrogens is 300 g/mol. The van der Waals surface area contributed by atoms with Crippen LogP contribution in [0.4, 0.5) is 0 Å². The standard InChI is InChI=1S/C16H20N2OS2/c1-12(9-15-4-3-13(2)21-15)18-16(19)11-20-10-14-5-7-17-8-6-14/h3-8,12H,9-11H2,1-2H3,(H,18,19)/t12-/m1/s1. The zero-order valence-corrected chi connectivity index (χ0v) is 14.0. The van der Waals surface area contributed by atoms with Crippen LogP contribution in [-0.2, 0) is 17.0 Å². The molecule has 0 bridgehead atoms. The van der Waals surface area contributed by atoms with Gasteiger partial charge in [-0.1, -0.05) is 0 Å². The lowest BCUT2D eigenvalue weighted by molar-refractivity contribution is -0.119. The van der Waals surface area contributed by atoms with Gasteiger partial charge < -0.3 is 5.32 Å². The highest BCUT2D eigenvalue weighted by molar-refractivity contribution is 7.99. The Morgan fingerprint density at radius 3 is 2.76 bits per heavy atom. The van der Waals surface area contributed by atoms with Crippen LogP contribution in [0.1, 0.15) is 22.2 Å². The van der Waals surface area contributed by atoms with Crippen molar-refractivity contribution in [1.82, 2.24) is 10.3 Å². The fraction of sp³-hybridized carbons (Fsp3) is 0.375. The zero-order valence-electron chi connectivity index (χ0n) is 12.3. The number of aryl methyl sites for hydroxylation is 1. The zero-order chi connectivity index (χ0) is 15.1. The monoisotopic (exact) mass is 320 g/mol. The lowest BCUT2D eigenvalue weighted by atomic mass is 10.2. The Balaban J connectivity index is 1.67. The first-order valence-corrected chi connectivity index (χ1v) is 8.92. The molecule has 112 valence electrons. The molecule has 0 aliphatic heterocycles. The fourth-order valence-corrected chi connectivity index (χ4v) is 3.82. The quantitative estimate of drug-likeness (QED) is 0.850. The molecule has 2 heterocycles. The number of carbonyl (C=O) groups is 1. The first kappa shape index (κ1) is 16.0. The third kappa shape index (κ3) is 5.89. The molecule has 2 aromatic heterocycles. The molecule has 0 fully saturated rings. The molecule has 5 heteroatoms. The molecule has 0 aliphatic carbocycles. The topological polar surface area (TPSA) is 42.0 Å². The number of amides is 1. The Bertz CT molecular complexity index is 569. The number of thioether (sulfide) groups is 1. The summed E-state index contributed by atoms with van der Waals surface area (Å²) < 4.78 is 0. The highest BCUT2D eigenvalue weighted by atomic mass is 32.2. The van der Waals surface area contributed by atoms with Gasteiger partial charge in [-0.3, -0.25) is 9.78 Å². The van der Waals surface area contributed by atoms with Crippen molar-refractivity contribution < 1.29 is 4.79 Å². The predicted molar refractivity (Wildman–Crippen MR) is 90.8 cm³/mol. The van der Waals surface area contributed by atoms with Gasteiger partial charge in [0.25, 0.3) is 0 Å². The SMILES string of the molecule is Cc1ccc(C[C@@H](C)NC(=O)CSCc2ccncc2)s1. The predicted octanol–water partition coefficient (Wildman–Crippen LogP) is 3.43. The van der Waals surface area contributed by atoms with Gasteiger partial charge in [-0.2, -0.15) is 0 Å². The molecule has 0 radical (unpaired) electrons. The van der Waals surface area contributed by atoms with Crippen molar-refractivity contribution in [2.24, 2.45) is 0 Å². The number of hydrogen-bond donors (Lipinski definition) is 1. The van der Waals surface area contributed by atoms with E-state index < -0.39 is 0 Å². The summed E-state index contributed by atoms with van der Waals surface area (Å²) in [6.07, 6.45) is 4.46. The second-order valence-corrected chi connectivity index (χ2v) is 7.39. The summed E-state index contributed by atoms with van der Waals surface area (Å²) in [6, 6.07) is 8.40. The Kier molecular flexibility index (Phi) is 6.26. The van der Waals surface area contributed by atoms with Crippen molar-refractivity contribution in [3.8, 4) is 0 Å². The normalized spacial score (nSPS) is 12.1. The van der Waals surface area contributed by atoms with Gasteiger partial charge in [0, 0.05) is 40.4 Å². The molecule has 0 aliphatic rings. The summed E-state index contributed by atoms with van der Waals surface area (Å²) in [4.78, 5) is 18.5. The van der Waals surface area contributed by atoms with Gasteiger partial charge in [0.05, 0.1) is 5.75 Å². The molecule has 2 rings (SSSR count). The number of rotatable bonds is 7. The Labute approximate surface area is 134 Å². The van der Waals surface area contributed by atoms with Gasteiger partial charge in [-0.25, -0.2) is 0 Å². The van der Waals surface area contributed by atoms with Crippen LogP contribution < -0.4 is 5.32 Å². The number of hydrogen-bond acceptors (Lipinski definition) is 4. The number of nitrogens with one attached hydrogen (secondary N) is 1. The van der Waals surface area contributed by atoms with Gasteiger partial charge in [-0.15, -0.1) is 23.1 Å². The van der Waals surface area contributed by atoms with Crippen LogP contribution in [0.15, 0.2) is 36.7 Å². The largest absolute Gasteiger partial charge is 0.353 e. The first-order valence-electron chi connectivity index (χ1n) is 6.95. The number of nitrogens with zero attached hydrogens (tertiary/aromatic N) is 1. The molecule has 1 atom stereocenters.